The van der Waals surface area contributed by atoms with Crippen molar-refractivity contribution >= 4 is 28.1 Å². The molecule has 4 rings (SSSR count). The maximum absolute atomic E-state index is 12.2. The molecule has 1 amide bonds. The third-order valence-electron chi connectivity index (χ3n) is 4.13. The second kappa shape index (κ2) is 5.36. The molecule has 3 nitrogen and oxygen atoms in total. The van der Waals surface area contributed by atoms with Crippen molar-refractivity contribution in [2.75, 3.05) is 5.01 Å². The molecule has 3 heteroatoms. The van der Waals surface area contributed by atoms with E-state index < -0.39 is 0 Å². The van der Waals surface area contributed by atoms with Crippen molar-refractivity contribution in [3.8, 4) is 11.1 Å². The Morgan fingerprint density at radius 2 is 1.57 bits per heavy atom. The number of carbonyl (C=O) groups excluding carboxylic acids is 1. The van der Waals surface area contributed by atoms with E-state index in [1.807, 2.05) is 43.3 Å². The molecule has 1 heterocycles. The summed E-state index contributed by atoms with van der Waals surface area (Å²) in [6.07, 6.45) is 0.393. The highest BCUT2D eigenvalue weighted by molar-refractivity contribution is 6.14. The van der Waals surface area contributed by atoms with Crippen molar-refractivity contribution < 1.29 is 4.79 Å². The summed E-state index contributed by atoms with van der Waals surface area (Å²) in [5.41, 5.74) is 3.83. The van der Waals surface area contributed by atoms with Crippen LogP contribution in [0.3, 0.4) is 0 Å². The average Bonchev–Trinajstić information content (AvgIpc) is 2.92. The second-order valence-corrected chi connectivity index (χ2v) is 5.76. The van der Waals surface area contributed by atoms with E-state index in [1.165, 1.54) is 15.8 Å². The largest absolute Gasteiger partial charge is 0.272 e. The van der Waals surface area contributed by atoms with Crippen LogP contribution in [0.15, 0.2) is 71.8 Å². The number of nitrogens with zero attached hydrogens (tertiary/aromatic N) is 2. The van der Waals surface area contributed by atoms with Crippen LogP contribution in [-0.2, 0) is 4.79 Å². The number of rotatable bonds is 2. The predicted octanol–water partition coefficient (Wildman–Crippen LogP) is 4.62. The topological polar surface area (TPSA) is 32.7 Å². The molecule has 0 radical (unpaired) electrons. The van der Waals surface area contributed by atoms with E-state index >= 15 is 0 Å². The molecule has 112 valence electrons. The maximum Gasteiger partial charge on any atom is 0.253 e. The maximum atomic E-state index is 12.2. The molecular formula is C20H16N2O. The van der Waals surface area contributed by atoms with E-state index in [0.717, 1.165) is 22.5 Å². The molecule has 0 N–H and O–H groups in total. The van der Waals surface area contributed by atoms with Gasteiger partial charge in [0.15, 0.2) is 0 Å². The van der Waals surface area contributed by atoms with Gasteiger partial charge in [-0.25, -0.2) is 0 Å². The summed E-state index contributed by atoms with van der Waals surface area (Å²) in [6, 6.07) is 22.5. The van der Waals surface area contributed by atoms with Crippen LogP contribution in [0, 0.1) is 0 Å². The molecule has 0 aliphatic carbocycles. The van der Waals surface area contributed by atoms with Gasteiger partial charge in [0.25, 0.3) is 5.91 Å². The Hall–Kier alpha value is -2.94. The van der Waals surface area contributed by atoms with Crippen LogP contribution in [-0.4, -0.2) is 11.6 Å². The van der Waals surface area contributed by atoms with Gasteiger partial charge in [0.2, 0.25) is 0 Å². The molecular weight excluding hydrogens is 284 g/mol. The van der Waals surface area contributed by atoms with Crippen LogP contribution >= 0.6 is 0 Å². The number of hydrogen-bond donors (Lipinski definition) is 0. The third kappa shape index (κ3) is 2.30. The average molecular weight is 300 g/mol. The minimum atomic E-state index is 0.0233. The molecule has 3 aromatic rings. The van der Waals surface area contributed by atoms with Crippen LogP contribution < -0.4 is 5.01 Å². The van der Waals surface area contributed by atoms with Crippen LogP contribution in [0.1, 0.15) is 13.3 Å². The van der Waals surface area contributed by atoms with Crippen molar-refractivity contribution in [2.24, 2.45) is 5.10 Å². The minimum absolute atomic E-state index is 0.0233. The molecule has 0 aromatic heterocycles. The number of amides is 1. The summed E-state index contributed by atoms with van der Waals surface area (Å²) in [7, 11) is 0. The van der Waals surface area contributed by atoms with E-state index in [4.69, 9.17) is 0 Å². The van der Waals surface area contributed by atoms with Gasteiger partial charge in [-0.2, -0.15) is 10.1 Å². The van der Waals surface area contributed by atoms with Gasteiger partial charge in [0.05, 0.1) is 12.1 Å². The summed E-state index contributed by atoms with van der Waals surface area (Å²) < 4.78 is 0. The fourth-order valence-corrected chi connectivity index (χ4v) is 3.09. The SMILES string of the molecule is CC1=NN(c2ccccc2-c2cccc3ccccc23)C(=O)C1. The van der Waals surface area contributed by atoms with Gasteiger partial charge in [-0.05, 0) is 29.3 Å². The lowest BCUT2D eigenvalue weighted by Gasteiger charge is -2.17. The first kappa shape index (κ1) is 13.7. The highest BCUT2D eigenvalue weighted by Crippen LogP contribution is 2.36. The lowest BCUT2D eigenvalue weighted by atomic mass is 9.97. The minimum Gasteiger partial charge on any atom is -0.272 e. The highest BCUT2D eigenvalue weighted by atomic mass is 16.2. The molecule has 0 bridgehead atoms. The van der Waals surface area contributed by atoms with Crippen molar-refractivity contribution in [3.05, 3.63) is 66.7 Å². The zero-order valence-electron chi connectivity index (χ0n) is 12.9. The van der Waals surface area contributed by atoms with E-state index in [1.54, 1.807) is 0 Å². The molecule has 3 aromatic carbocycles. The Labute approximate surface area is 134 Å². The smallest absolute Gasteiger partial charge is 0.253 e. The summed E-state index contributed by atoms with van der Waals surface area (Å²) in [6.45, 7) is 1.89. The molecule has 0 saturated heterocycles. The van der Waals surface area contributed by atoms with Gasteiger partial charge in [-0.3, -0.25) is 4.79 Å². The predicted molar refractivity (Wildman–Crippen MR) is 94.6 cm³/mol. The monoisotopic (exact) mass is 300 g/mol. The van der Waals surface area contributed by atoms with E-state index in [0.29, 0.717) is 6.42 Å². The summed E-state index contributed by atoms with van der Waals surface area (Å²) >= 11 is 0. The summed E-state index contributed by atoms with van der Waals surface area (Å²) in [4.78, 5) is 12.2. The Balaban J connectivity index is 1.95. The Morgan fingerprint density at radius 1 is 0.870 bits per heavy atom. The number of para-hydroxylation sites is 1. The molecule has 1 aliphatic rings. The first-order chi connectivity index (χ1) is 11.2. The number of carbonyl (C=O) groups is 1. The molecule has 0 saturated carbocycles. The lowest BCUT2D eigenvalue weighted by Crippen LogP contribution is -2.20. The number of benzene rings is 3. The van der Waals surface area contributed by atoms with Gasteiger partial charge in [0, 0.05) is 11.3 Å². The zero-order valence-corrected chi connectivity index (χ0v) is 12.9. The first-order valence-electron chi connectivity index (χ1n) is 7.68. The Kier molecular flexibility index (Phi) is 3.19. The Bertz CT molecular complexity index is 938. The van der Waals surface area contributed by atoms with Crippen LogP contribution in [0.25, 0.3) is 21.9 Å². The molecule has 0 unspecified atom stereocenters. The first-order valence-corrected chi connectivity index (χ1v) is 7.68. The summed E-state index contributed by atoms with van der Waals surface area (Å²) in [5.74, 6) is 0.0233. The van der Waals surface area contributed by atoms with Crippen molar-refractivity contribution in [1.82, 2.24) is 0 Å². The number of hydrogen-bond acceptors (Lipinski definition) is 2. The van der Waals surface area contributed by atoms with Gasteiger partial charge in [-0.15, -0.1) is 0 Å². The molecule has 0 fully saturated rings. The van der Waals surface area contributed by atoms with Crippen LogP contribution in [0.2, 0.25) is 0 Å². The Morgan fingerprint density at radius 3 is 2.39 bits per heavy atom. The van der Waals surface area contributed by atoms with Gasteiger partial charge in [0.1, 0.15) is 0 Å². The summed E-state index contributed by atoms with van der Waals surface area (Å²) in [5, 5.41) is 8.30. The van der Waals surface area contributed by atoms with Crippen molar-refractivity contribution in [3.63, 3.8) is 0 Å². The standard InChI is InChI=1S/C20H16N2O/c1-14-13-20(23)22(21-14)19-12-5-4-10-18(19)17-11-6-8-15-7-2-3-9-16(15)17/h2-12H,13H2,1H3. The zero-order chi connectivity index (χ0) is 15.8. The lowest BCUT2D eigenvalue weighted by molar-refractivity contribution is -0.116. The highest BCUT2D eigenvalue weighted by Gasteiger charge is 2.25. The number of anilines is 1. The molecule has 0 atom stereocenters. The molecule has 0 spiro atoms. The van der Waals surface area contributed by atoms with Crippen molar-refractivity contribution in [1.29, 1.82) is 0 Å². The van der Waals surface area contributed by atoms with E-state index in [-0.39, 0.29) is 5.91 Å². The molecule has 1 aliphatic heterocycles. The normalized spacial score (nSPS) is 14.4. The van der Waals surface area contributed by atoms with E-state index in [9.17, 15) is 4.79 Å². The third-order valence-corrected chi connectivity index (χ3v) is 4.13. The van der Waals surface area contributed by atoms with Gasteiger partial charge < -0.3 is 0 Å². The second-order valence-electron chi connectivity index (χ2n) is 5.76. The van der Waals surface area contributed by atoms with E-state index in [2.05, 4.69) is 35.4 Å². The molecule has 23 heavy (non-hydrogen) atoms. The fraction of sp³-hybridized carbons (Fsp3) is 0.100. The van der Waals surface area contributed by atoms with Crippen LogP contribution in [0.5, 0.6) is 0 Å². The van der Waals surface area contributed by atoms with Gasteiger partial charge >= 0.3 is 0 Å². The van der Waals surface area contributed by atoms with Crippen molar-refractivity contribution in [2.45, 2.75) is 13.3 Å². The van der Waals surface area contributed by atoms with Gasteiger partial charge in [-0.1, -0.05) is 60.7 Å². The fourth-order valence-electron chi connectivity index (χ4n) is 3.09. The van der Waals surface area contributed by atoms with Crippen LogP contribution in [0.4, 0.5) is 5.69 Å². The quantitative estimate of drug-likeness (QED) is 0.679. The number of fused-ring (bicyclic) bond motifs is 1. The number of hydrazone groups is 1.